The molecule has 3 amide bonds. The van der Waals surface area contributed by atoms with Crippen LogP contribution < -0.4 is 11.1 Å². The largest absolute Gasteiger partial charge is 0.440 e. The summed E-state index contributed by atoms with van der Waals surface area (Å²) >= 11 is 0. The number of carbonyl (C=O) groups is 3. The quantitative estimate of drug-likeness (QED) is 0.464. The fourth-order valence-electron chi connectivity index (χ4n) is 4.08. The average Bonchev–Trinajstić information content (AvgIpc) is 3.54. The molecule has 0 bridgehead atoms. The van der Waals surface area contributed by atoms with E-state index in [0.29, 0.717) is 31.5 Å². The van der Waals surface area contributed by atoms with Gasteiger partial charge in [-0.2, -0.15) is 26.3 Å². The van der Waals surface area contributed by atoms with Gasteiger partial charge in [-0.15, -0.1) is 12.4 Å². The van der Waals surface area contributed by atoms with Gasteiger partial charge in [0.25, 0.3) is 5.91 Å². The Hall–Kier alpha value is -2.94. The number of carbonyl (C=O) groups excluding carboxylic acids is 3. The number of hydrogen-bond donors (Lipinski definition) is 2. The highest BCUT2D eigenvalue weighted by Crippen LogP contribution is 2.21. The van der Waals surface area contributed by atoms with Gasteiger partial charge < -0.3 is 30.3 Å². The number of nitrogens with one attached hydrogen (secondary N) is 1. The van der Waals surface area contributed by atoms with Crippen LogP contribution in [-0.4, -0.2) is 91.7 Å². The molecule has 3 N–H and O–H groups in total. The van der Waals surface area contributed by atoms with E-state index in [0.717, 1.165) is 18.4 Å². The van der Waals surface area contributed by atoms with Crippen molar-refractivity contribution < 1.29 is 50.2 Å². The fourth-order valence-corrected chi connectivity index (χ4v) is 4.08. The number of rotatable bonds is 6. The van der Waals surface area contributed by atoms with E-state index in [1.54, 1.807) is 12.1 Å². The van der Waals surface area contributed by atoms with Crippen molar-refractivity contribution >= 4 is 30.5 Å². The van der Waals surface area contributed by atoms with Gasteiger partial charge in [0, 0.05) is 37.8 Å². The Labute approximate surface area is 233 Å². The molecule has 0 saturated carbocycles. The molecule has 1 aromatic carbocycles. The van der Waals surface area contributed by atoms with Crippen LogP contribution in [0.1, 0.15) is 41.6 Å². The molecular formula is C24H33ClF6N4O5. The van der Waals surface area contributed by atoms with Gasteiger partial charge >= 0.3 is 24.5 Å². The molecular weight excluding hydrogens is 574 g/mol. The van der Waals surface area contributed by atoms with Gasteiger partial charge in [0.15, 0.2) is 13.2 Å². The SMILES string of the molecule is Cc1ccc(C(=O)NC[C@@H]2CCCN2C(=O)OCC(F)(F)F)cc1.Cl.NC[C@@H]1CCCN1C(=O)OCC(F)(F)F. The molecule has 0 unspecified atom stereocenters. The highest BCUT2D eigenvalue weighted by molar-refractivity contribution is 5.94. The van der Waals surface area contributed by atoms with E-state index in [9.17, 15) is 40.7 Å². The van der Waals surface area contributed by atoms with Gasteiger partial charge in [-0.3, -0.25) is 4.79 Å². The van der Waals surface area contributed by atoms with Crippen LogP contribution in [-0.2, 0) is 9.47 Å². The van der Waals surface area contributed by atoms with Crippen molar-refractivity contribution in [3.63, 3.8) is 0 Å². The summed E-state index contributed by atoms with van der Waals surface area (Å²) in [6.45, 7) is -0.0791. The summed E-state index contributed by atoms with van der Waals surface area (Å²) in [4.78, 5) is 37.5. The highest BCUT2D eigenvalue weighted by Gasteiger charge is 2.35. The number of aryl methyl sites for hydroxylation is 1. The van der Waals surface area contributed by atoms with Crippen molar-refractivity contribution in [3.8, 4) is 0 Å². The average molecular weight is 607 g/mol. The zero-order chi connectivity index (χ0) is 29.2. The van der Waals surface area contributed by atoms with Crippen molar-refractivity contribution in [1.29, 1.82) is 0 Å². The van der Waals surface area contributed by atoms with Gasteiger partial charge in [0.2, 0.25) is 0 Å². The van der Waals surface area contributed by atoms with Crippen molar-refractivity contribution in [2.75, 3.05) is 39.4 Å². The summed E-state index contributed by atoms with van der Waals surface area (Å²) in [6, 6.07) is 6.45. The van der Waals surface area contributed by atoms with Crippen LogP contribution in [0.2, 0.25) is 0 Å². The maximum absolute atomic E-state index is 12.1. The molecule has 2 saturated heterocycles. The second-order valence-corrected chi connectivity index (χ2v) is 9.13. The summed E-state index contributed by atoms with van der Waals surface area (Å²) in [5, 5.41) is 2.71. The molecule has 2 fully saturated rings. The third kappa shape index (κ3) is 12.1. The fraction of sp³-hybridized carbons (Fsp3) is 0.625. The number of alkyl halides is 6. The molecule has 0 spiro atoms. The number of hydrogen-bond acceptors (Lipinski definition) is 6. The number of halogens is 7. The number of benzene rings is 1. The first-order valence-electron chi connectivity index (χ1n) is 12.3. The molecule has 2 aliphatic rings. The molecule has 2 atom stereocenters. The number of likely N-dealkylation sites (tertiary alicyclic amines) is 2. The number of nitrogens with zero attached hydrogens (tertiary/aromatic N) is 2. The lowest BCUT2D eigenvalue weighted by atomic mass is 10.1. The van der Waals surface area contributed by atoms with Crippen LogP contribution in [0.25, 0.3) is 0 Å². The molecule has 0 radical (unpaired) electrons. The minimum Gasteiger partial charge on any atom is -0.440 e. The van der Waals surface area contributed by atoms with Crippen LogP contribution in [0.4, 0.5) is 35.9 Å². The summed E-state index contributed by atoms with van der Waals surface area (Å²) in [5.41, 5.74) is 6.89. The first kappa shape index (κ1) is 35.1. The summed E-state index contributed by atoms with van der Waals surface area (Å²) in [6.07, 6.45) is -8.22. The Balaban J connectivity index is 0.000000432. The van der Waals surface area contributed by atoms with E-state index in [2.05, 4.69) is 14.8 Å². The Morgan fingerprint density at radius 3 is 1.77 bits per heavy atom. The maximum atomic E-state index is 12.1. The molecule has 0 aromatic heterocycles. The molecule has 2 heterocycles. The van der Waals surface area contributed by atoms with Gasteiger partial charge in [-0.25, -0.2) is 9.59 Å². The Morgan fingerprint density at radius 2 is 1.32 bits per heavy atom. The maximum Gasteiger partial charge on any atom is 0.422 e. The number of ether oxygens (including phenoxy) is 2. The zero-order valence-electron chi connectivity index (χ0n) is 21.7. The molecule has 0 aliphatic carbocycles. The van der Waals surface area contributed by atoms with Crippen molar-refractivity contribution in [1.82, 2.24) is 15.1 Å². The first-order chi connectivity index (χ1) is 18.2. The monoisotopic (exact) mass is 606 g/mol. The topological polar surface area (TPSA) is 114 Å². The van der Waals surface area contributed by atoms with Crippen LogP contribution in [0.5, 0.6) is 0 Å². The van der Waals surface area contributed by atoms with E-state index in [4.69, 9.17) is 5.73 Å². The predicted molar refractivity (Wildman–Crippen MR) is 134 cm³/mol. The smallest absolute Gasteiger partial charge is 0.422 e. The summed E-state index contributed by atoms with van der Waals surface area (Å²) in [5.74, 6) is -0.287. The molecule has 40 heavy (non-hydrogen) atoms. The van der Waals surface area contributed by atoms with E-state index < -0.39 is 37.8 Å². The standard InChI is InChI=1S/C16H19F3N2O3.C8H13F3N2O2.ClH/c1-11-4-6-12(7-5-11)14(22)20-9-13-3-2-8-21(13)15(23)24-10-16(17,18)19;9-8(10,11)5-15-7(14)13-3-1-2-6(13)4-12;/h4-7,13H,2-3,8-10H2,1H3,(H,20,22);6H,1-5,12H2;1H/t13-;6-;/m00./s1. The predicted octanol–water partition coefficient (Wildman–Crippen LogP) is 4.42. The summed E-state index contributed by atoms with van der Waals surface area (Å²) < 4.78 is 80.0. The lowest BCUT2D eigenvalue weighted by Crippen LogP contribution is -2.44. The van der Waals surface area contributed by atoms with Gasteiger partial charge in [0.1, 0.15) is 0 Å². The Morgan fingerprint density at radius 1 is 0.875 bits per heavy atom. The van der Waals surface area contributed by atoms with Crippen molar-refractivity contribution in [3.05, 3.63) is 35.4 Å². The second kappa shape index (κ2) is 15.7. The molecule has 16 heteroatoms. The third-order valence-electron chi connectivity index (χ3n) is 6.03. The van der Waals surface area contributed by atoms with E-state index in [-0.39, 0.29) is 43.5 Å². The minimum atomic E-state index is -4.55. The van der Waals surface area contributed by atoms with Crippen LogP contribution in [0.3, 0.4) is 0 Å². The van der Waals surface area contributed by atoms with Gasteiger partial charge in [-0.05, 0) is 44.7 Å². The highest BCUT2D eigenvalue weighted by atomic mass is 35.5. The Kier molecular flexibility index (Phi) is 13.8. The second-order valence-electron chi connectivity index (χ2n) is 9.13. The van der Waals surface area contributed by atoms with Crippen LogP contribution in [0, 0.1) is 6.92 Å². The minimum absolute atomic E-state index is 0. The van der Waals surface area contributed by atoms with E-state index >= 15 is 0 Å². The molecule has 2 aliphatic heterocycles. The lowest BCUT2D eigenvalue weighted by molar-refractivity contribution is -0.163. The molecule has 1 aromatic rings. The zero-order valence-corrected chi connectivity index (χ0v) is 22.5. The van der Waals surface area contributed by atoms with Crippen molar-refractivity contribution in [2.45, 2.75) is 57.0 Å². The van der Waals surface area contributed by atoms with E-state index in [1.165, 1.54) is 9.80 Å². The number of nitrogens with two attached hydrogens (primary N) is 1. The van der Waals surface area contributed by atoms with E-state index in [1.807, 2.05) is 19.1 Å². The summed E-state index contributed by atoms with van der Waals surface area (Å²) in [7, 11) is 0. The first-order valence-corrected chi connectivity index (χ1v) is 12.3. The molecule has 3 rings (SSSR count). The molecule has 9 nitrogen and oxygen atoms in total. The van der Waals surface area contributed by atoms with Crippen LogP contribution in [0.15, 0.2) is 24.3 Å². The third-order valence-corrected chi connectivity index (χ3v) is 6.03. The normalized spacial score (nSPS) is 18.8. The lowest BCUT2D eigenvalue weighted by Gasteiger charge is -2.24. The van der Waals surface area contributed by atoms with Crippen LogP contribution >= 0.6 is 12.4 Å². The molecule has 228 valence electrons. The number of amides is 3. The van der Waals surface area contributed by atoms with Crippen molar-refractivity contribution in [2.24, 2.45) is 5.73 Å². The van der Waals surface area contributed by atoms with Gasteiger partial charge in [-0.1, -0.05) is 17.7 Å². The van der Waals surface area contributed by atoms with Gasteiger partial charge in [0.05, 0.1) is 6.04 Å². The Bertz CT molecular complexity index is 965.